The maximum atomic E-state index is 10.9. The number of nitrogens with two attached hydrogens (primary N) is 1. The first kappa shape index (κ1) is 12.6. The van der Waals surface area contributed by atoms with Gasteiger partial charge in [-0.25, -0.2) is 4.98 Å². The van der Waals surface area contributed by atoms with Crippen molar-refractivity contribution in [3.05, 3.63) is 28.7 Å². The van der Waals surface area contributed by atoms with Crippen molar-refractivity contribution in [3.8, 4) is 0 Å². The lowest BCUT2D eigenvalue weighted by molar-refractivity contribution is -0.117. The molecule has 1 aromatic heterocycles. The molecule has 0 radical (unpaired) electrons. The minimum absolute atomic E-state index is 0.0815. The predicted molar refractivity (Wildman–Crippen MR) is 78.7 cm³/mol. The Bertz CT molecular complexity index is 707. The van der Waals surface area contributed by atoms with E-state index in [0.717, 1.165) is 16.2 Å². The van der Waals surface area contributed by atoms with Crippen molar-refractivity contribution < 1.29 is 4.79 Å². The van der Waals surface area contributed by atoms with Crippen LogP contribution in [0, 0.1) is 4.64 Å². The van der Waals surface area contributed by atoms with Crippen LogP contribution >= 0.6 is 24.0 Å². The Balaban J connectivity index is 2.01. The first-order valence-corrected chi connectivity index (χ1v) is 7.38. The largest absolute Gasteiger partial charge is 0.369 e. The smallest absolute Gasteiger partial charge is 0.225 e. The van der Waals surface area contributed by atoms with Crippen LogP contribution in [0.5, 0.6) is 0 Å². The SMILES string of the molecule is NC(=O)Cc1nc(=S)c2cc(SC3CC3)ccc2[nH]1. The van der Waals surface area contributed by atoms with E-state index in [2.05, 4.69) is 22.1 Å². The first-order valence-electron chi connectivity index (χ1n) is 6.10. The number of fused-ring (bicyclic) bond motifs is 1. The Kier molecular flexibility index (Phi) is 3.28. The summed E-state index contributed by atoms with van der Waals surface area (Å²) in [5.41, 5.74) is 6.07. The van der Waals surface area contributed by atoms with Gasteiger partial charge in [-0.3, -0.25) is 4.79 Å². The number of nitrogens with one attached hydrogen (secondary N) is 1. The highest BCUT2D eigenvalue weighted by atomic mass is 32.2. The maximum Gasteiger partial charge on any atom is 0.225 e. The molecule has 1 heterocycles. The normalized spacial score (nSPS) is 14.7. The summed E-state index contributed by atoms with van der Waals surface area (Å²) in [5.74, 6) is 0.103. The summed E-state index contributed by atoms with van der Waals surface area (Å²) in [5, 5.41) is 1.69. The lowest BCUT2D eigenvalue weighted by Crippen LogP contribution is -2.15. The second kappa shape index (κ2) is 4.94. The Morgan fingerprint density at radius 1 is 1.53 bits per heavy atom. The molecule has 3 rings (SSSR count). The van der Waals surface area contributed by atoms with E-state index < -0.39 is 5.91 Å². The molecule has 1 fully saturated rings. The zero-order valence-electron chi connectivity index (χ0n) is 10.2. The number of thioether (sulfide) groups is 1. The highest BCUT2D eigenvalue weighted by Crippen LogP contribution is 2.39. The van der Waals surface area contributed by atoms with Gasteiger partial charge < -0.3 is 10.7 Å². The number of amides is 1. The number of primary amides is 1. The molecule has 1 aliphatic rings. The molecule has 0 unspecified atom stereocenters. The van der Waals surface area contributed by atoms with Gasteiger partial charge in [-0.1, -0.05) is 12.2 Å². The van der Waals surface area contributed by atoms with Crippen molar-refractivity contribution in [2.24, 2.45) is 5.73 Å². The average Bonchev–Trinajstić information content (AvgIpc) is 3.13. The van der Waals surface area contributed by atoms with Crippen LogP contribution in [0.2, 0.25) is 0 Å². The van der Waals surface area contributed by atoms with Crippen LogP contribution in [0.15, 0.2) is 23.1 Å². The summed E-state index contributed by atoms with van der Waals surface area (Å²) in [7, 11) is 0. The maximum absolute atomic E-state index is 10.9. The molecule has 0 spiro atoms. The number of H-pyrrole nitrogens is 1. The monoisotopic (exact) mass is 291 g/mol. The van der Waals surface area contributed by atoms with Crippen molar-refractivity contribution in [2.45, 2.75) is 29.4 Å². The first-order chi connectivity index (χ1) is 9.11. The summed E-state index contributed by atoms with van der Waals surface area (Å²) in [6.07, 6.45) is 2.68. The average molecular weight is 291 g/mol. The van der Waals surface area contributed by atoms with E-state index in [1.807, 2.05) is 17.8 Å². The molecule has 4 nitrogen and oxygen atoms in total. The van der Waals surface area contributed by atoms with E-state index in [-0.39, 0.29) is 6.42 Å². The number of carbonyl (C=O) groups excluding carboxylic acids is 1. The van der Waals surface area contributed by atoms with Gasteiger partial charge in [0.2, 0.25) is 5.91 Å². The molecule has 0 aliphatic heterocycles. The van der Waals surface area contributed by atoms with Crippen molar-refractivity contribution in [1.29, 1.82) is 0 Å². The molecule has 1 amide bonds. The molecule has 19 heavy (non-hydrogen) atoms. The van der Waals surface area contributed by atoms with Crippen LogP contribution in [-0.2, 0) is 11.2 Å². The number of aromatic amines is 1. The van der Waals surface area contributed by atoms with Crippen LogP contribution in [0.1, 0.15) is 18.7 Å². The lowest BCUT2D eigenvalue weighted by atomic mass is 10.2. The highest BCUT2D eigenvalue weighted by molar-refractivity contribution is 8.00. The Morgan fingerprint density at radius 3 is 3.00 bits per heavy atom. The molecule has 0 bridgehead atoms. The highest BCUT2D eigenvalue weighted by Gasteiger charge is 2.22. The van der Waals surface area contributed by atoms with Crippen molar-refractivity contribution in [1.82, 2.24) is 9.97 Å². The van der Waals surface area contributed by atoms with Crippen LogP contribution < -0.4 is 5.73 Å². The molecular weight excluding hydrogens is 278 g/mol. The molecule has 0 atom stereocenters. The van der Waals surface area contributed by atoms with E-state index in [1.54, 1.807) is 0 Å². The molecule has 3 N–H and O–H groups in total. The summed E-state index contributed by atoms with van der Waals surface area (Å²) in [4.78, 5) is 19.5. The third-order valence-corrected chi connectivity index (χ3v) is 4.55. The van der Waals surface area contributed by atoms with Crippen LogP contribution in [0.25, 0.3) is 10.9 Å². The van der Waals surface area contributed by atoms with E-state index in [9.17, 15) is 4.79 Å². The minimum Gasteiger partial charge on any atom is -0.369 e. The number of hydrogen-bond donors (Lipinski definition) is 2. The molecule has 1 aliphatic carbocycles. The van der Waals surface area contributed by atoms with Gasteiger partial charge in [0.15, 0.2) is 0 Å². The predicted octanol–water partition coefficient (Wildman–Crippen LogP) is 2.57. The zero-order chi connectivity index (χ0) is 13.4. The number of benzene rings is 1. The molecule has 98 valence electrons. The Hall–Kier alpha value is -1.40. The molecule has 1 aromatic carbocycles. The molecule has 1 saturated carbocycles. The van der Waals surface area contributed by atoms with E-state index in [1.165, 1.54) is 17.7 Å². The molecular formula is C13H13N3OS2. The van der Waals surface area contributed by atoms with Crippen LogP contribution in [-0.4, -0.2) is 21.1 Å². The fraction of sp³-hybridized carbons (Fsp3) is 0.308. The third kappa shape index (κ3) is 2.96. The number of carbonyl (C=O) groups is 1. The zero-order valence-corrected chi connectivity index (χ0v) is 11.8. The van der Waals surface area contributed by atoms with Gasteiger partial charge in [0.25, 0.3) is 0 Å². The molecule has 0 saturated heterocycles. The van der Waals surface area contributed by atoms with Gasteiger partial charge in [-0.05, 0) is 31.0 Å². The number of hydrogen-bond acceptors (Lipinski definition) is 4. The van der Waals surface area contributed by atoms with Crippen molar-refractivity contribution >= 4 is 40.8 Å². The van der Waals surface area contributed by atoms with E-state index >= 15 is 0 Å². The van der Waals surface area contributed by atoms with Crippen LogP contribution in [0.3, 0.4) is 0 Å². The number of aromatic nitrogens is 2. The molecule has 2 aromatic rings. The number of rotatable bonds is 4. The quantitative estimate of drug-likeness (QED) is 0.849. The van der Waals surface area contributed by atoms with Gasteiger partial charge >= 0.3 is 0 Å². The van der Waals surface area contributed by atoms with Crippen LogP contribution in [0.4, 0.5) is 0 Å². The second-order valence-corrected chi connectivity index (χ2v) is 6.42. The summed E-state index contributed by atoms with van der Waals surface area (Å²) in [6, 6.07) is 6.13. The molecule has 6 heteroatoms. The fourth-order valence-corrected chi connectivity index (χ4v) is 3.24. The topological polar surface area (TPSA) is 71.8 Å². The van der Waals surface area contributed by atoms with Crippen molar-refractivity contribution in [2.75, 3.05) is 0 Å². The Labute approximate surface area is 119 Å². The summed E-state index contributed by atoms with van der Waals surface area (Å²) >= 11 is 7.18. The van der Waals surface area contributed by atoms with Gasteiger partial charge in [0, 0.05) is 21.0 Å². The fourth-order valence-electron chi connectivity index (χ4n) is 1.88. The standard InChI is InChI=1S/C13H13N3OS2/c14-11(17)6-12-15-10-4-3-8(19-7-1-2-7)5-9(10)13(18)16-12/h3-5,7H,1-2,6H2,(H2,14,17)(H,15,16,18). The second-order valence-electron chi connectivity index (χ2n) is 4.66. The number of nitrogens with zero attached hydrogens (tertiary/aromatic N) is 1. The van der Waals surface area contributed by atoms with Gasteiger partial charge in [0.1, 0.15) is 10.5 Å². The minimum atomic E-state index is -0.418. The van der Waals surface area contributed by atoms with Gasteiger partial charge in [-0.15, -0.1) is 11.8 Å². The summed E-state index contributed by atoms with van der Waals surface area (Å²) in [6.45, 7) is 0. The van der Waals surface area contributed by atoms with E-state index in [0.29, 0.717) is 10.5 Å². The lowest BCUT2D eigenvalue weighted by Gasteiger charge is -2.05. The van der Waals surface area contributed by atoms with Gasteiger partial charge in [0.05, 0.1) is 6.42 Å². The summed E-state index contributed by atoms with van der Waals surface area (Å²) < 4.78 is 0.517. The van der Waals surface area contributed by atoms with E-state index in [4.69, 9.17) is 18.0 Å². The van der Waals surface area contributed by atoms with Crippen molar-refractivity contribution in [3.63, 3.8) is 0 Å². The third-order valence-electron chi connectivity index (χ3n) is 2.91. The van der Waals surface area contributed by atoms with Gasteiger partial charge in [-0.2, -0.15) is 0 Å². The Morgan fingerprint density at radius 2 is 2.32 bits per heavy atom.